The topological polar surface area (TPSA) is 44.4 Å². The molecule has 0 bridgehead atoms. The van der Waals surface area contributed by atoms with Gasteiger partial charge in [-0.05, 0) is 30.2 Å². The van der Waals surface area contributed by atoms with Crippen LogP contribution in [0.5, 0.6) is 0 Å². The van der Waals surface area contributed by atoms with Gasteiger partial charge in [0.05, 0.1) is 5.92 Å². The number of anilines is 1. The Morgan fingerprint density at radius 3 is 2.33 bits per heavy atom. The van der Waals surface area contributed by atoms with Crippen LogP contribution in [0, 0.1) is 11.8 Å². The van der Waals surface area contributed by atoms with E-state index in [-0.39, 0.29) is 11.8 Å². The van der Waals surface area contributed by atoms with Gasteiger partial charge in [0.1, 0.15) is 0 Å². The van der Waals surface area contributed by atoms with Gasteiger partial charge in [0.25, 0.3) is 0 Å². The van der Waals surface area contributed by atoms with Gasteiger partial charge in [-0.1, -0.05) is 32.9 Å². The van der Waals surface area contributed by atoms with Crippen LogP contribution in [0.15, 0.2) is 24.3 Å². The molecule has 21 heavy (non-hydrogen) atoms. The fourth-order valence-corrected chi connectivity index (χ4v) is 2.22. The molecule has 0 saturated heterocycles. The molecule has 1 atom stereocenters. The summed E-state index contributed by atoms with van der Waals surface area (Å²) in [4.78, 5) is 13.7. The molecule has 4 nitrogen and oxygen atoms in total. The van der Waals surface area contributed by atoms with Crippen LogP contribution in [0.3, 0.4) is 0 Å². The van der Waals surface area contributed by atoms with E-state index in [1.807, 2.05) is 14.0 Å². The molecule has 0 aliphatic carbocycles. The van der Waals surface area contributed by atoms with E-state index in [0.717, 1.165) is 18.8 Å². The summed E-state index contributed by atoms with van der Waals surface area (Å²) in [7, 11) is 3.70. The Balaban J connectivity index is 2.51. The monoisotopic (exact) mass is 291 g/mol. The third kappa shape index (κ3) is 6.17. The average molecular weight is 291 g/mol. The molecule has 0 saturated carbocycles. The predicted octanol–water partition coefficient (Wildman–Crippen LogP) is 2.25. The standard InChI is InChI=1S/C17H29N3O/c1-13(2)10-19-11-15-6-8-16(9-7-15)20(5)12-14(3)17(21)18-4/h6-9,13-14,19H,10-12H2,1-5H3,(H,18,21). The Kier molecular flexibility index (Phi) is 7.23. The van der Waals surface area contributed by atoms with Crippen LogP contribution in [-0.4, -0.2) is 33.1 Å². The zero-order valence-electron chi connectivity index (χ0n) is 13.9. The fraction of sp³-hybridized carbons (Fsp3) is 0.588. The van der Waals surface area contributed by atoms with E-state index in [4.69, 9.17) is 0 Å². The number of rotatable bonds is 8. The van der Waals surface area contributed by atoms with E-state index in [1.165, 1.54) is 5.56 Å². The Morgan fingerprint density at radius 1 is 1.19 bits per heavy atom. The number of amides is 1. The highest BCUT2D eigenvalue weighted by atomic mass is 16.1. The van der Waals surface area contributed by atoms with Crippen molar-refractivity contribution in [3.05, 3.63) is 29.8 Å². The maximum Gasteiger partial charge on any atom is 0.224 e. The highest BCUT2D eigenvalue weighted by molar-refractivity contribution is 5.78. The van der Waals surface area contributed by atoms with Gasteiger partial charge in [-0.2, -0.15) is 0 Å². The molecule has 2 N–H and O–H groups in total. The Bertz CT molecular complexity index is 428. The summed E-state index contributed by atoms with van der Waals surface area (Å²) in [6.45, 7) is 9.00. The number of hydrogen-bond acceptors (Lipinski definition) is 3. The van der Waals surface area contributed by atoms with Gasteiger partial charge in [-0.3, -0.25) is 4.79 Å². The van der Waals surface area contributed by atoms with Gasteiger partial charge in [-0.25, -0.2) is 0 Å². The summed E-state index contributed by atoms with van der Waals surface area (Å²) in [5.41, 5.74) is 2.42. The third-order valence-corrected chi connectivity index (χ3v) is 3.50. The summed E-state index contributed by atoms with van der Waals surface area (Å²) in [6, 6.07) is 8.51. The molecule has 0 aromatic heterocycles. The molecule has 0 aliphatic heterocycles. The van der Waals surface area contributed by atoms with Crippen LogP contribution in [0.2, 0.25) is 0 Å². The minimum atomic E-state index is -0.0209. The molecule has 0 fully saturated rings. The lowest BCUT2D eigenvalue weighted by molar-refractivity contribution is -0.123. The van der Waals surface area contributed by atoms with Crippen molar-refractivity contribution >= 4 is 11.6 Å². The van der Waals surface area contributed by atoms with Gasteiger partial charge >= 0.3 is 0 Å². The number of carbonyl (C=O) groups excluding carboxylic acids is 1. The molecule has 1 aromatic carbocycles. The number of benzene rings is 1. The molecule has 1 aromatic rings. The number of carbonyl (C=O) groups is 1. The molecule has 1 unspecified atom stereocenters. The van der Waals surface area contributed by atoms with Crippen molar-refractivity contribution in [3.8, 4) is 0 Å². The maximum atomic E-state index is 11.6. The second kappa shape index (κ2) is 8.67. The van der Waals surface area contributed by atoms with Crippen LogP contribution >= 0.6 is 0 Å². The summed E-state index contributed by atoms with van der Waals surface area (Å²) < 4.78 is 0. The molecule has 0 aliphatic rings. The summed E-state index contributed by atoms with van der Waals surface area (Å²) in [5, 5.41) is 6.13. The minimum Gasteiger partial charge on any atom is -0.374 e. The Labute approximate surface area is 128 Å². The first-order chi connectivity index (χ1) is 9.93. The summed E-state index contributed by atoms with van der Waals surface area (Å²) >= 11 is 0. The van der Waals surface area contributed by atoms with Crippen LogP contribution < -0.4 is 15.5 Å². The van der Waals surface area contributed by atoms with Crippen LogP contribution in [0.4, 0.5) is 5.69 Å². The predicted molar refractivity (Wildman–Crippen MR) is 89.5 cm³/mol. The zero-order chi connectivity index (χ0) is 15.8. The lowest BCUT2D eigenvalue weighted by atomic mass is 10.1. The highest BCUT2D eigenvalue weighted by Gasteiger charge is 2.13. The van der Waals surface area contributed by atoms with Gasteiger partial charge < -0.3 is 15.5 Å². The van der Waals surface area contributed by atoms with Crippen molar-refractivity contribution in [3.63, 3.8) is 0 Å². The number of hydrogen-bond donors (Lipinski definition) is 2. The molecule has 1 amide bonds. The van der Waals surface area contributed by atoms with Crippen LogP contribution in [0.1, 0.15) is 26.3 Å². The number of nitrogens with zero attached hydrogens (tertiary/aromatic N) is 1. The van der Waals surface area contributed by atoms with Gasteiger partial charge in [-0.15, -0.1) is 0 Å². The lowest BCUT2D eigenvalue weighted by Gasteiger charge is -2.23. The quantitative estimate of drug-likeness (QED) is 0.772. The first-order valence-electron chi connectivity index (χ1n) is 7.66. The van der Waals surface area contributed by atoms with Crippen molar-refractivity contribution < 1.29 is 4.79 Å². The molecule has 0 spiro atoms. The van der Waals surface area contributed by atoms with Crippen molar-refractivity contribution in [2.45, 2.75) is 27.3 Å². The Morgan fingerprint density at radius 2 is 1.81 bits per heavy atom. The van der Waals surface area contributed by atoms with E-state index in [2.05, 4.69) is 53.6 Å². The first-order valence-corrected chi connectivity index (χ1v) is 7.66. The second-order valence-corrected chi connectivity index (χ2v) is 6.09. The lowest BCUT2D eigenvalue weighted by Crippen LogP contribution is -2.34. The maximum absolute atomic E-state index is 11.6. The van der Waals surface area contributed by atoms with Crippen LogP contribution in [0.25, 0.3) is 0 Å². The zero-order valence-corrected chi connectivity index (χ0v) is 13.9. The van der Waals surface area contributed by atoms with Crippen molar-refractivity contribution in [2.75, 3.05) is 32.1 Å². The van der Waals surface area contributed by atoms with Gasteiger partial charge in [0.2, 0.25) is 5.91 Å². The van der Waals surface area contributed by atoms with Gasteiger partial charge in [0.15, 0.2) is 0 Å². The minimum absolute atomic E-state index is 0.0209. The largest absolute Gasteiger partial charge is 0.374 e. The normalized spacial score (nSPS) is 12.3. The molecular weight excluding hydrogens is 262 g/mol. The van der Waals surface area contributed by atoms with Crippen molar-refractivity contribution in [2.24, 2.45) is 11.8 Å². The molecular formula is C17H29N3O. The summed E-state index contributed by atoms with van der Waals surface area (Å²) in [6.07, 6.45) is 0. The highest BCUT2D eigenvalue weighted by Crippen LogP contribution is 2.15. The first kappa shape index (κ1) is 17.5. The molecule has 4 heteroatoms. The van der Waals surface area contributed by atoms with E-state index in [9.17, 15) is 4.79 Å². The van der Waals surface area contributed by atoms with Gasteiger partial charge in [0, 0.05) is 32.9 Å². The third-order valence-electron chi connectivity index (χ3n) is 3.50. The molecule has 0 heterocycles. The Hall–Kier alpha value is -1.55. The van der Waals surface area contributed by atoms with Crippen molar-refractivity contribution in [1.29, 1.82) is 0 Å². The SMILES string of the molecule is CNC(=O)C(C)CN(C)c1ccc(CNCC(C)C)cc1. The molecule has 1 rings (SSSR count). The smallest absolute Gasteiger partial charge is 0.224 e. The average Bonchev–Trinajstić information content (AvgIpc) is 2.46. The molecule has 118 valence electrons. The summed E-state index contributed by atoms with van der Waals surface area (Å²) in [5.74, 6) is 0.727. The van der Waals surface area contributed by atoms with E-state index in [0.29, 0.717) is 12.5 Å². The van der Waals surface area contributed by atoms with E-state index >= 15 is 0 Å². The fourth-order valence-electron chi connectivity index (χ4n) is 2.22. The molecule has 0 radical (unpaired) electrons. The second-order valence-electron chi connectivity index (χ2n) is 6.09. The number of nitrogens with one attached hydrogen (secondary N) is 2. The van der Waals surface area contributed by atoms with Crippen LogP contribution in [-0.2, 0) is 11.3 Å². The van der Waals surface area contributed by atoms with E-state index < -0.39 is 0 Å². The van der Waals surface area contributed by atoms with E-state index in [1.54, 1.807) is 7.05 Å². The van der Waals surface area contributed by atoms with Crippen molar-refractivity contribution in [1.82, 2.24) is 10.6 Å².